The Balaban J connectivity index is 1.80. The molecule has 0 amide bonds. The van der Waals surface area contributed by atoms with Crippen molar-refractivity contribution in [3.8, 4) is 0 Å². The molecule has 0 radical (unpaired) electrons. The minimum atomic E-state index is -1.69. The number of carbonyl (C=O) groups excluding carboxylic acids is 1. The summed E-state index contributed by atoms with van der Waals surface area (Å²) < 4.78 is 10.9. The van der Waals surface area contributed by atoms with E-state index in [-0.39, 0.29) is 0 Å². The SMILES string of the molecule is O=C1C(O)[C@H](O)[C@@H](CO)O[C@@H]1c1ccc([C@H]2O[C@H](CO)[C@@H](O)[C@H](O)[C@@H]2O)cc1. The quantitative estimate of drug-likeness (QED) is 0.274. The largest absolute Gasteiger partial charge is 0.394 e. The van der Waals surface area contributed by atoms with Gasteiger partial charge >= 0.3 is 0 Å². The van der Waals surface area contributed by atoms with Crippen LogP contribution in [0.4, 0.5) is 0 Å². The number of hydrogen-bond acceptors (Lipinski definition) is 10. The third-order valence-corrected chi connectivity index (χ3v) is 5.21. The summed E-state index contributed by atoms with van der Waals surface area (Å²) in [6.07, 6.45) is -12.0. The second-order valence-corrected chi connectivity index (χ2v) is 6.99. The summed E-state index contributed by atoms with van der Waals surface area (Å²) in [5.41, 5.74) is 0.769. The fraction of sp³-hybridized carbons (Fsp3) is 0.611. The van der Waals surface area contributed by atoms with E-state index in [4.69, 9.17) is 9.47 Å². The fourth-order valence-corrected chi connectivity index (χ4v) is 3.48. The number of aliphatic hydroxyl groups excluding tert-OH is 7. The highest BCUT2D eigenvalue weighted by Crippen LogP contribution is 2.34. The number of Topliss-reactive ketones (excluding diaryl/α,β-unsaturated/α-hetero) is 1. The van der Waals surface area contributed by atoms with Gasteiger partial charge in [0, 0.05) is 0 Å². The van der Waals surface area contributed by atoms with Crippen molar-refractivity contribution in [1.29, 1.82) is 0 Å². The highest BCUT2D eigenvalue weighted by Gasteiger charge is 2.45. The minimum absolute atomic E-state index is 0.350. The van der Waals surface area contributed by atoms with Crippen molar-refractivity contribution in [1.82, 2.24) is 0 Å². The fourth-order valence-electron chi connectivity index (χ4n) is 3.48. The van der Waals surface area contributed by atoms with Crippen LogP contribution >= 0.6 is 0 Å². The summed E-state index contributed by atoms with van der Waals surface area (Å²) in [4.78, 5) is 12.2. The lowest BCUT2D eigenvalue weighted by atomic mass is 9.89. The van der Waals surface area contributed by atoms with Crippen LogP contribution in [0.15, 0.2) is 24.3 Å². The smallest absolute Gasteiger partial charge is 0.197 e. The van der Waals surface area contributed by atoms with Crippen molar-refractivity contribution in [3.63, 3.8) is 0 Å². The number of ether oxygens (including phenoxy) is 2. The lowest BCUT2D eigenvalue weighted by molar-refractivity contribution is -0.231. The van der Waals surface area contributed by atoms with Gasteiger partial charge in [-0.3, -0.25) is 4.79 Å². The molecule has 0 aromatic heterocycles. The van der Waals surface area contributed by atoms with E-state index >= 15 is 0 Å². The Kier molecular flexibility index (Phi) is 6.44. The topological polar surface area (TPSA) is 177 Å². The normalized spacial score (nSPS) is 41.8. The molecule has 10 nitrogen and oxygen atoms in total. The Labute approximate surface area is 160 Å². The molecule has 3 rings (SSSR count). The first-order chi connectivity index (χ1) is 13.3. The van der Waals surface area contributed by atoms with Crippen LogP contribution < -0.4 is 0 Å². The van der Waals surface area contributed by atoms with Crippen LogP contribution in [-0.4, -0.2) is 97.5 Å². The molecule has 7 N–H and O–H groups in total. The van der Waals surface area contributed by atoms with Crippen LogP contribution in [0.3, 0.4) is 0 Å². The molecule has 0 saturated carbocycles. The molecule has 2 fully saturated rings. The lowest BCUT2D eigenvalue weighted by Crippen LogP contribution is -2.55. The molecular weight excluding hydrogens is 376 g/mol. The molecule has 9 atom stereocenters. The van der Waals surface area contributed by atoms with Gasteiger partial charge in [-0.15, -0.1) is 0 Å². The molecule has 2 aliphatic heterocycles. The van der Waals surface area contributed by atoms with Gasteiger partial charge in [0.25, 0.3) is 0 Å². The Morgan fingerprint density at radius 3 is 1.82 bits per heavy atom. The average molecular weight is 400 g/mol. The number of hydrogen-bond donors (Lipinski definition) is 7. The number of ketones is 1. The first-order valence-corrected chi connectivity index (χ1v) is 8.86. The van der Waals surface area contributed by atoms with E-state index in [0.717, 1.165) is 0 Å². The highest BCUT2D eigenvalue weighted by atomic mass is 16.5. The highest BCUT2D eigenvalue weighted by molar-refractivity contribution is 5.89. The van der Waals surface area contributed by atoms with Crippen LogP contribution in [0, 0.1) is 0 Å². The van der Waals surface area contributed by atoms with Crippen molar-refractivity contribution >= 4 is 5.78 Å². The zero-order valence-corrected chi connectivity index (χ0v) is 14.8. The van der Waals surface area contributed by atoms with Crippen LogP contribution in [-0.2, 0) is 14.3 Å². The zero-order chi connectivity index (χ0) is 20.6. The molecule has 156 valence electrons. The van der Waals surface area contributed by atoms with Gasteiger partial charge in [-0.25, -0.2) is 0 Å². The molecule has 2 saturated heterocycles. The molecule has 1 aromatic rings. The summed E-state index contributed by atoms with van der Waals surface area (Å²) in [6.45, 7) is -1.13. The third-order valence-electron chi connectivity index (χ3n) is 5.21. The molecule has 10 heteroatoms. The third kappa shape index (κ3) is 3.71. The van der Waals surface area contributed by atoms with Crippen LogP contribution in [0.25, 0.3) is 0 Å². The molecule has 2 aliphatic rings. The number of carbonyl (C=O) groups is 1. The average Bonchev–Trinajstić information content (AvgIpc) is 2.71. The van der Waals surface area contributed by atoms with Crippen molar-refractivity contribution < 1.29 is 50.0 Å². The number of aliphatic hydroxyl groups is 7. The van der Waals surface area contributed by atoms with Gasteiger partial charge in [-0.1, -0.05) is 24.3 Å². The van der Waals surface area contributed by atoms with E-state index in [1.807, 2.05) is 0 Å². The first-order valence-electron chi connectivity index (χ1n) is 8.86. The summed E-state index contributed by atoms with van der Waals surface area (Å²) in [7, 11) is 0. The molecular formula is C18H24O10. The Hall–Kier alpha value is -1.47. The second kappa shape index (κ2) is 8.49. The summed E-state index contributed by atoms with van der Waals surface area (Å²) in [5.74, 6) is -0.752. The van der Waals surface area contributed by atoms with Crippen LogP contribution in [0.1, 0.15) is 23.3 Å². The maximum Gasteiger partial charge on any atom is 0.197 e. The van der Waals surface area contributed by atoms with Gasteiger partial charge in [-0.2, -0.15) is 0 Å². The lowest BCUT2D eigenvalue weighted by Gasteiger charge is -2.40. The number of rotatable bonds is 4. The molecule has 1 unspecified atom stereocenters. The molecule has 0 spiro atoms. The summed E-state index contributed by atoms with van der Waals surface area (Å²) in [5, 5.41) is 68.1. The zero-order valence-electron chi connectivity index (χ0n) is 14.8. The van der Waals surface area contributed by atoms with E-state index in [0.29, 0.717) is 11.1 Å². The predicted molar refractivity (Wildman–Crippen MR) is 90.9 cm³/mol. The van der Waals surface area contributed by atoms with Crippen molar-refractivity contribution in [3.05, 3.63) is 35.4 Å². The Morgan fingerprint density at radius 1 is 0.714 bits per heavy atom. The van der Waals surface area contributed by atoms with Gasteiger partial charge in [0.05, 0.1) is 13.2 Å². The van der Waals surface area contributed by atoms with Crippen LogP contribution in [0.5, 0.6) is 0 Å². The summed E-state index contributed by atoms with van der Waals surface area (Å²) in [6, 6.07) is 5.98. The van der Waals surface area contributed by atoms with Gasteiger partial charge in [0.15, 0.2) is 5.78 Å². The molecule has 0 bridgehead atoms. The van der Waals surface area contributed by atoms with E-state index in [2.05, 4.69) is 0 Å². The second-order valence-electron chi connectivity index (χ2n) is 6.99. The van der Waals surface area contributed by atoms with E-state index < -0.39 is 73.9 Å². The van der Waals surface area contributed by atoms with Gasteiger partial charge in [0.1, 0.15) is 54.9 Å². The monoisotopic (exact) mass is 400 g/mol. The van der Waals surface area contributed by atoms with Crippen molar-refractivity contribution in [2.45, 2.75) is 54.9 Å². The van der Waals surface area contributed by atoms with Crippen molar-refractivity contribution in [2.75, 3.05) is 13.2 Å². The first kappa shape index (κ1) is 21.2. The maximum atomic E-state index is 12.2. The van der Waals surface area contributed by atoms with Crippen molar-refractivity contribution in [2.24, 2.45) is 0 Å². The van der Waals surface area contributed by atoms with Crippen LogP contribution in [0.2, 0.25) is 0 Å². The molecule has 0 aliphatic carbocycles. The predicted octanol–water partition coefficient (Wildman–Crippen LogP) is -3.08. The molecule has 1 aromatic carbocycles. The van der Waals surface area contributed by atoms with Gasteiger partial charge < -0.3 is 45.2 Å². The standard InChI is InChI=1S/C18H24O10/c19-5-9-11(21)13(23)15(25)17(27-9)7-1-2-8(4-3-7)18-16(26)14(24)12(22)10(6-20)28-18/h1-4,9-15,17-25H,5-6H2/t9-,10-,11-,12-,13+,14?,15+,17-,18-/m1/s1. The van der Waals surface area contributed by atoms with Gasteiger partial charge in [0.2, 0.25) is 0 Å². The van der Waals surface area contributed by atoms with E-state index in [1.54, 1.807) is 0 Å². The Morgan fingerprint density at radius 2 is 1.25 bits per heavy atom. The van der Waals surface area contributed by atoms with E-state index in [1.165, 1.54) is 24.3 Å². The Bertz CT molecular complexity index is 677. The molecule has 2 heterocycles. The minimum Gasteiger partial charge on any atom is -0.394 e. The maximum absolute atomic E-state index is 12.2. The summed E-state index contributed by atoms with van der Waals surface area (Å²) >= 11 is 0. The molecule has 28 heavy (non-hydrogen) atoms. The van der Waals surface area contributed by atoms with E-state index in [9.17, 15) is 40.5 Å². The number of benzene rings is 1. The van der Waals surface area contributed by atoms with Gasteiger partial charge in [-0.05, 0) is 11.1 Å².